The number of fused-ring (bicyclic) bond motifs is 3. The molecular weight excluding hydrogens is 781 g/mol. The summed E-state index contributed by atoms with van der Waals surface area (Å²) < 4.78 is 2.42. The molecule has 0 bridgehead atoms. The highest BCUT2D eigenvalue weighted by Gasteiger charge is 2.27. The van der Waals surface area contributed by atoms with Gasteiger partial charge in [0.2, 0.25) is 0 Å². The molecule has 10 aromatic rings. The summed E-state index contributed by atoms with van der Waals surface area (Å²) in [5.41, 5.74) is 31.7. The van der Waals surface area contributed by atoms with Crippen LogP contribution in [0.5, 0.6) is 0 Å². The van der Waals surface area contributed by atoms with E-state index < -0.39 is 0 Å². The third kappa shape index (κ3) is 6.71. The summed E-state index contributed by atoms with van der Waals surface area (Å²) in [6, 6.07) is 47.0. The van der Waals surface area contributed by atoms with Crippen LogP contribution in [-0.4, -0.2) is 112 Å². The number of nitrogens with zero attached hydrogens (tertiary/aromatic N) is 2. The van der Waals surface area contributed by atoms with Gasteiger partial charge in [0.1, 0.15) is 108 Å². The Morgan fingerprint density at radius 1 is 0.288 bits per heavy atom. The highest BCUT2D eigenvalue weighted by atomic mass is 15.1. The van der Waals surface area contributed by atoms with Crippen LogP contribution in [0.15, 0.2) is 127 Å². The van der Waals surface area contributed by atoms with E-state index in [1.165, 1.54) is 143 Å². The average Bonchev–Trinajstić information content (AvgIpc) is 3.73. The molecule has 0 fully saturated rings. The minimum absolute atomic E-state index is 0.990. The molecule has 10 rings (SSSR count). The van der Waals surface area contributed by atoms with Crippen LogP contribution >= 0.6 is 0 Å². The van der Waals surface area contributed by atoms with Crippen molar-refractivity contribution in [3.63, 3.8) is 0 Å². The maximum absolute atomic E-state index is 5.46. The first-order valence-electron chi connectivity index (χ1n) is 23.6. The smallest absolute Gasteiger partial charge is 0.144 e. The Kier molecular flexibility index (Phi) is 11.0. The van der Waals surface area contributed by atoms with Gasteiger partial charge in [0.15, 0.2) is 0 Å². The second-order valence-electron chi connectivity index (χ2n) is 19.1. The average molecular weight is 829 g/mol. The number of aromatic nitrogens is 2. The fourth-order valence-electron chi connectivity index (χ4n) is 11.2. The Morgan fingerprint density at radius 2 is 0.667 bits per heavy atom. The molecule has 0 unspecified atom stereocenters. The van der Waals surface area contributed by atoms with E-state index in [-0.39, 0.29) is 0 Å². The number of rotatable bonds is 6. The van der Waals surface area contributed by atoms with E-state index in [1.54, 1.807) is 0 Å². The van der Waals surface area contributed by atoms with E-state index in [0.29, 0.717) is 0 Å². The molecule has 0 saturated carbocycles. The van der Waals surface area contributed by atoms with Gasteiger partial charge in [-0.3, -0.25) is 4.57 Å². The summed E-state index contributed by atoms with van der Waals surface area (Å²) in [6.07, 6.45) is 0. The highest BCUT2D eigenvalue weighted by molar-refractivity contribution is 6.72. The fraction of sp³-hybridized carbons (Fsp3) is 0. The zero-order valence-electron chi connectivity index (χ0n) is 41.0. The number of hydrogen-bond donors (Lipinski definition) is 0. The van der Waals surface area contributed by atoms with Crippen LogP contribution in [0.25, 0.3) is 94.2 Å². The third-order valence-electron chi connectivity index (χ3n) is 16.0. The van der Waals surface area contributed by atoms with Crippen molar-refractivity contribution in [2.24, 2.45) is 0 Å². The van der Waals surface area contributed by atoms with Gasteiger partial charge in [-0.05, 0) is 109 Å². The lowest BCUT2D eigenvalue weighted by Gasteiger charge is -2.28. The predicted molar refractivity (Wildman–Crippen MR) is 330 cm³/mol. The van der Waals surface area contributed by atoms with Crippen molar-refractivity contribution in [3.8, 4) is 61.6 Å². The van der Waals surface area contributed by atoms with Gasteiger partial charge in [0, 0.05) is 11.3 Å². The summed E-state index contributed by atoms with van der Waals surface area (Å²) >= 11 is 0. The van der Waals surface area contributed by atoms with Gasteiger partial charge in [-0.2, -0.15) is 0 Å². The first kappa shape index (κ1) is 43.7. The van der Waals surface area contributed by atoms with Crippen LogP contribution < -0.4 is 71.0 Å². The number of para-hydroxylation sites is 2. The molecule has 9 aromatic carbocycles. The van der Waals surface area contributed by atoms with Crippen LogP contribution in [0, 0.1) is 0 Å². The molecule has 0 amide bonds. The van der Waals surface area contributed by atoms with E-state index in [9.17, 15) is 0 Å². The maximum atomic E-state index is 5.46. The summed E-state index contributed by atoms with van der Waals surface area (Å²) in [6.45, 7) is 0. The normalized spacial score (nSPS) is 11.5. The van der Waals surface area contributed by atoms with E-state index in [0.717, 1.165) is 22.5 Å². The van der Waals surface area contributed by atoms with Crippen LogP contribution in [0.1, 0.15) is 0 Å². The Hall–Kier alpha value is -6.19. The lowest BCUT2D eigenvalue weighted by Crippen LogP contribution is -2.55. The molecular formula is C51H47B13N2. The molecule has 0 aliphatic rings. The molecule has 1 heterocycles. The van der Waals surface area contributed by atoms with E-state index >= 15 is 0 Å². The van der Waals surface area contributed by atoms with Crippen molar-refractivity contribution in [1.29, 1.82) is 0 Å². The quantitative estimate of drug-likeness (QED) is 0.121. The molecule has 2 nitrogen and oxygen atoms in total. The Bertz CT molecular complexity index is 3520. The standard InChI is InChI=1S/C51H47B13N2/c52-38-33-31(24-14-9-15-28(21-24)66-30-17-8-7-16-29(30)65-51(66)37-42(56)48(62)50(64)49(63)43(37)57)34-36(41(55)47(61)45(59)39(34)53)32(35(33)40(54)46(60)44(38)58)27-19-25(22-10-3-1-4-11-22)18-26(20-27)23-12-5-2-6-13-23/h1-21H,52-64H2. The van der Waals surface area contributed by atoms with E-state index in [4.69, 9.17) is 4.98 Å². The van der Waals surface area contributed by atoms with Crippen molar-refractivity contribution in [2.75, 3.05) is 0 Å². The fourth-order valence-corrected chi connectivity index (χ4v) is 11.2. The topological polar surface area (TPSA) is 17.8 Å². The van der Waals surface area contributed by atoms with Gasteiger partial charge in [-0.1, -0.05) is 118 Å². The van der Waals surface area contributed by atoms with Crippen LogP contribution in [-0.2, 0) is 0 Å². The molecule has 0 aliphatic carbocycles. The van der Waals surface area contributed by atoms with Crippen molar-refractivity contribution in [1.82, 2.24) is 9.55 Å². The maximum Gasteiger partial charge on any atom is 0.144 e. The summed E-state index contributed by atoms with van der Waals surface area (Å²) in [4.78, 5) is 5.46. The van der Waals surface area contributed by atoms with Crippen LogP contribution in [0.2, 0.25) is 0 Å². The lowest BCUT2D eigenvalue weighted by molar-refractivity contribution is 1.11. The van der Waals surface area contributed by atoms with Gasteiger partial charge >= 0.3 is 0 Å². The van der Waals surface area contributed by atoms with Gasteiger partial charge < -0.3 is 0 Å². The van der Waals surface area contributed by atoms with Crippen molar-refractivity contribution >= 4 is 206 Å². The van der Waals surface area contributed by atoms with E-state index in [1.807, 2.05) is 0 Å². The Labute approximate surface area is 401 Å². The first-order valence-corrected chi connectivity index (χ1v) is 23.6. The van der Waals surface area contributed by atoms with Crippen molar-refractivity contribution in [3.05, 3.63) is 127 Å². The van der Waals surface area contributed by atoms with Gasteiger partial charge in [-0.25, -0.2) is 4.98 Å². The minimum atomic E-state index is 0.990. The molecule has 66 heavy (non-hydrogen) atoms. The predicted octanol–water partition coefficient (Wildman–Crippen LogP) is -8.97. The SMILES string of the molecule is Bc1c(B)c(B)c(-c2nc3ccccc3n2-c2cccc(-c3c4c(B)c(B)c(B)c(B)c4c(-c4cc(-c5ccccc5)cc(-c5ccccc5)c4)c4c(B)c(B)c(B)c(B)c34)c2)c(B)c1B. The molecule has 0 radical (unpaired) electrons. The Morgan fingerprint density at radius 3 is 1.15 bits per heavy atom. The summed E-state index contributed by atoms with van der Waals surface area (Å²) in [5.74, 6) is 0.990. The summed E-state index contributed by atoms with van der Waals surface area (Å²) in [7, 11) is 30.1. The second-order valence-corrected chi connectivity index (χ2v) is 19.1. The molecule has 0 atom stereocenters. The zero-order valence-corrected chi connectivity index (χ0v) is 41.0. The van der Waals surface area contributed by atoms with Crippen LogP contribution in [0.3, 0.4) is 0 Å². The molecule has 300 valence electrons. The minimum Gasteiger partial charge on any atom is -0.292 e. The van der Waals surface area contributed by atoms with Crippen LogP contribution in [0.4, 0.5) is 0 Å². The third-order valence-corrected chi connectivity index (χ3v) is 16.0. The molecule has 0 aliphatic heterocycles. The number of hydrogen-bond acceptors (Lipinski definition) is 1. The molecule has 15 heteroatoms. The lowest BCUT2D eigenvalue weighted by atomic mass is 9.59. The second kappa shape index (κ2) is 16.6. The van der Waals surface area contributed by atoms with Gasteiger partial charge in [0.25, 0.3) is 0 Å². The molecule has 0 spiro atoms. The first-order chi connectivity index (χ1) is 31.7. The monoisotopic (exact) mass is 830 g/mol. The number of benzene rings is 9. The molecule has 1 aromatic heterocycles. The van der Waals surface area contributed by atoms with Gasteiger partial charge in [0.05, 0.1) is 11.0 Å². The largest absolute Gasteiger partial charge is 0.292 e. The highest BCUT2D eigenvalue weighted by Crippen LogP contribution is 2.43. The van der Waals surface area contributed by atoms with Crippen molar-refractivity contribution in [2.45, 2.75) is 0 Å². The Balaban J connectivity index is 1.37. The molecule has 0 saturated heterocycles. The zero-order chi connectivity index (χ0) is 46.5. The van der Waals surface area contributed by atoms with Crippen molar-refractivity contribution < 1.29 is 0 Å². The molecule has 0 N–H and O–H groups in total. The summed E-state index contributed by atoms with van der Waals surface area (Å²) in [5, 5.41) is 5.34. The van der Waals surface area contributed by atoms with Gasteiger partial charge in [-0.15, -0.1) is 38.2 Å². The number of imidazole rings is 1. The van der Waals surface area contributed by atoms with E-state index in [2.05, 4.69) is 234 Å².